The summed E-state index contributed by atoms with van der Waals surface area (Å²) in [4.78, 5) is 8.14. The van der Waals surface area contributed by atoms with Gasteiger partial charge in [-0.1, -0.05) is 13.8 Å². The van der Waals surface area contributed by atoms with E-state index >= 15 is 0 Å². The van der Waals surface area contributed by atoms with E-state index in [1.807, 2.05) is 13.8 Å². The fourth-order valence-electron chi connectivity index (χ4n) is 1.99. The van der Waals surface area contributed by atoms with Gasteiger partial charge in [0.2, 0.25) is 0 Å². The van der Waals surface area contributed by atoms with Crippen molar-refractivity contribution in [3.63, 3.8) is 0 Å². The van der Waals surface area contributed by atoms with Crippen molar-refractivity contribution < 1.29 is 13.2 Å². The minimum atomic E-state index is -1.24. The van der Waals surface area contributed by atoms with Crippen molar-refractivity contribution in [2.45, 2.75) is 19.8 Å². The van der Waals surface area contributed by atoms with Crippen molar-refractivity contribution in [2.24, 2.45) is 0 Å². The fourth-order valence-corrected chi connectivity index (χ4v) is 1.99. The van der Waals surface area contributed by atoms with E-state index in [-0.39, 0.29) is 11.6 Å². The monoisotopic (exact) mass is 296 g/mol. The molecule has 1 heterocycles. The van der Waals surface area contributed by atoms with E-state index < -0.39 is 17.5 Å². The average molecular weight is 296 g/mol. The summed E-state index contributed by atoms with van der Waals surface area (Å²) in [6.07, 6.45) is 1.30. The van der Waals surface area contributed by atoms with Gasteiger partial charge in [-0.25, -0.2) is 23.1 Å². The quantitative estimate of drug-likeness (QED) is 0.843. The number of halogens is 3. The zero-order chi connectivity index (χ0) is 15.6. The summed E-state index contributed by atoms with van der Waals surface area (Å²) in [7, 11) is 1.70. The van der Waals surface area contributed by atoms with E-state index in [2.05, 4.69) is 20.6 Å². The number of nitrogens with zero attached hydrogens (tertiary/aromatic N) is 2. The number of aromatic nitrogens is 2. The Labute approximate surface area is 120 Å². The highest BCUT2D eigenvalue weighted by atomic mass is 19.2. The third kappa shape index (κ3) is 3.07. The molecule has 112 valence electrons. The molecule has 0 aliphatic heterocycles. The van der Waals surface area contributed by atoms with E-state index in [0.717, 1.165) is 11.6 Å². The van der Waals surface area contributed by atoms with Gasteiger partial charge in [-0.3, -0.25) is 0 Å². The van der Waals surface area contributed by atoms with Gasteiger partial charge in [0.05, 0.1) is 5.69 Å². The predicted octanol–water partition coefficient (Wildman–Crippen LogP) is 3.80. The Morgan fingerprint density at radius 2 is 1.57 bits per heavy atom. The van der Waals surface area contributed by atoms with Crippen LogP contribution >= 0.6 is 0 Å². The third-order valence-corrected chi connectivity index (χ3v) is 2.96. The van der Waals surface area contributed by atoms with Crippen LogP contribution in [-0.2, 0) is 0 Å². The lowest BCUT2D eigenvalue weighted by atomic mass is 10.0. The lowest BCUT2D eigenvalue weighted by Crippen LogP contribution is -2.08. The topological polar surface area (TPSA) is 49.8 Å². The molecule has 0 bridgehead atoms. The Balaban J connectivity index is 2.47. The molecule has 1 aromatic carbocycles. The average Bonchev–Trinajstić information content (AvgIpc) is 2.44. The van der Waals surface area contributed by atoms with Gasteiger partial charge in [0, 0.05) is 24.7 Å². The summed E-state index contributed by atoms with van der Waals surface area (Å²) in [5.74, 6) is -2.29. The second-order valence-corrected chi connectivity index (χ2v) is 4.76. The first kappa shape index (κ1) is 15.1. The maximum absolute atomic E-state index is 13.7. The summed E-state index contributed by atoms with van der Waals surface area (Å²) in [6, 6.07) is 1.25. The third-order valence-electron chi connectivity index (χ3n) is 2.96. The smallest absolute Gasteiger partial charge is 0.161 e. The van der Waals surface area contributed by atoms with E-state index in [9.17, 15) is 13.2 Å². The van der Waals surface area contributed by atoms with Crippen LogP contribution in [0.3, 0.4) is 0 Å². The second-order valence-electron chi connectivity index (χ2n) is 4.76. The van der Waals surface area contributed by atoms with Gasteiger partial charge in [0.1, 0.15) is 23.8 Å². The van der Waals surface area contributed by atoms with Crippen molar-refractivity contribution in [3.8, 4) is 0 Å². The minimum absolute atomic E-state index is 0.0458. The molecule has 0 radical (unpaired) electrons. The first-order chi connectivity index (χ1) is 9.93. The molecule has 0 saturated carbocycles. The van der Waals surface area contributed by atoms with Crippen molar-refractivity contribution in [2.75, 3.05) is 17.7 Å². The SMILES string of the molecule is CNc1ncnc(Nc2cc(F)c(F)cc2F)c1C(C)C. The van der Waals surface area contributed by atoms with Crippen molar-refractivity contribution >= 4 is 17.3 Å². The Morgan fingerprint density at radius 1 is 0.952 bits per heavy atom. The standard InChI is InChI=1S/C14H15F3N4/c1-7(2)12-13(18-3)19-6-20-14(12)21-11-5-9(16)8(15)4-10(11)17/h4-7H,1-3H3,(H2,18,19,20,21). The molecule has 0 aliphatic rings. The number of rotatable bonds is 4. The molecule has 0 spiro atoms. The van der Waals surface area contributed by atoms with E-state index in [1.54, 1.807) is 7.05 Å². The molecule has 0 atom stereocenters. The summed E-state index contributed by atoms with van der Waals surface area (Å²) >= 11 is 0. The number of hydrogen-bond donors (Lipinski definition) is 2. The van der Waals surface area contributed by atoms with Crippen LogP contribution in [0.1, 0.15) is 25.3 Å². The molecular weight excluding hydrogens is 281 g/mol. The van der Waals surface area contributed by atoms with Crippen LogP contribution in [0.2, 0.25) is 0 Å². The molecule has 0 unspecified atom stereocenters. The molecule has 0 aliphatic carbocycles. The molecule has 2 aromatic rings. The molecule has 7 heteroatoms. The molecule has 1 aromatic heterocycles. The van der Waals surface area contributed by atoms with Gasteiger partial charge in [-0.15, -0.1) is 0 Å². The number of anilines is 3. The van der Waals surface area contributed by atoms with Crippen LogP contribution in [0.5, 0.6) is 0 Å². The van der Waals surface area contributed by atoms with Crippen LogP contribution in [0.4, 0.5) is 30.5 Å². The van der Waals surface area contributed by atoms with Gasteiger partial charge < -0.3 is 10.6 Å². The Kier molecular flexibility index (Phi) is 4.30. The van der Waals surface area contributed by atoms with Crippen molar-refractivity contribution in [1.29, 1.82) is 0 Å². The number of benzene rings is 1. The molecule has 2 rings (SSSR count). The van der Waals surface area contributed by atoms with Gasteiger partial charge in [-0.05, 0) is 5.92 Å². The Morgan fingerprint density at radius 3 is 2.19 bits per heavy atom. The summed E-state index contributed by atoms with van der Waals surface area (Å²) < 4.78 is 39.9. The van der Waals surface area contributed by atoms with Crippen molar-refractivity contribution in [3.05, 3.63) is 41.5 Å². The summed E-state index contributed by atoms with van der Waals surface area (Å²) in [5.41, 5.74) is 0.542. The molecule has 21 heavy (non-hydrogen) atoms. The van der Waals surface area contributed by atoms with E-state index in [4.69, 9.17) is 0 Å². The van der Waals surface area contributed by atoms with Gasteiger partial charge in [0.15, 0.2) is 11.6 Å². The highest BCUT2D eigenvalue weighted by Crippen LogP contribution is 2.31. The fraction of sp³-hybridized carbons (Fsp3) is 0.286. The summed E-state index contributed by atoms with van der Waals surface area (Å²) in [6.45, 7) is 3.85. The van der Waals surface area contributed by atoms with E-state index in [1.165, 1.54) is 6.33 Å². The normalized spacial score (nSPS) is 10.8. The highest BCUT2D eigenvalue weighted by Gasteiger charge is 2.17. The van der Waals surface area contributed by atoms with Crippen LogP contribution < -0.4 is 10.6 Å². The summed E-state index contributed by atoms with van der Waals surface area (Å²) in [5, 5.41) is 5.61. The zero-order valence-electron chi connectivity index (χ0n) is 11.8. The number of hydrogen-bond acceptors (Lipinski definition) is 4. The van der Waals surface area contributed by atoms with Crippen LogP contribution in [0.25, 0.3) is 0 Å². The molecule has 0 saturated heterocycles. The lowest BCUT2D eigenvalue weighted by Gasteiger charge is -2.17. The number of nitrogens with one attached hydrogen (secondary N) is 2. The molecular formula is C14H15F3N4. The molecule has 4 nitrogen and oxygen atoms in total. The maximum atomic E-state index is 13.7. The minimum Gasteiger partial charge on any atom is -0.373 e. The Hall–Kier alpha value is -2.31. The van der Waals surface area contributed by atoms with Gasteiger partial charge in [0.25, 0.3) is 0 Å². The lowest BCUT2D eigenvalue weighted by molar-refractivity contribution is 0.496. The zero-order valence-corrected chi connectivity index (χ0v) is 11.8. The van der Waals surface area contributed by atoms with Gasteiger partial charge >= 0.3 is 0 Å². The maximum Gasteiger partial charge on any atom is 0.161 e. The highest BCUT2D eigenvalue weighted by molar-refractivity contribution is 5.66. The van der Waals surface area contributed by atoms with E-state index in [0.29, 0.717) is 17.7 Å². The van der Waals surface area contributed by atoms with Crippen LogP contribution in [0.15, 0.2) is 18.5 Å². The predicted molar refractivity (Wildman–Crippen MR) is 75.3 cm³/mol. The van der Waals surface area contributed by atoms with Gasteiger partial charge in [-0.2, -0.15) is 0 Å². The van der Waals surface area contributed by atoms with Crippen LogP contribution in [0, 0.1) is 17.5 Å². The largest absolute Gasteiger partial charge is 0.373 e. The first-order valence-electron chi connectivity index (χ1n) is 6.38. The second kappa shape index (κ2) is 5.99. The first-order valence-corrected chi connectivity index (χ1v) is 6.38. The van der Waals surface area contributed by atoms with Crippen LogP contribution in [-0.4, -0.2) is 17.0 Å². The molecule has 0 fully saturated rings. The molecule has 0 amide bonds. The Bertz CT molecular complexity index is 659. The van der Waals surface area contributed by atoms with Crippen molar-refractivity contribution in [1.82, 2.24) is 9.97 Å². The molecule has 2 N–H and O–H groups in total.